The highest BCUT2D eigenvalue weighted by atomic mass is 35.5. The average molecular weight is 302 g/mol. The number of amides is 1. The molecular weight excluding hydrogens is 282 g/mol. The minimum Gasteiger partial charge on any atom is -0.334 e. The molecule has 0 saturated heterocycles. The average Bonchev–Trinajstić information content (AvgIpc) is 2.49. The first-order valence-corrected chi connectivity index (χ1v) is 7.59. The predicted molar refractivity (Wildman–Crippen MR) is 87.7 cm³/mol. The number of carbonyl (C=O) groups excluding carboxylic acids is 1. The van der Waals surface area contributed by atoms with Gasteiger partial charge in [-0.1, -0.05) is 60.5 Å². The van der Waals surface area contributed by atoms with Gasteiger partial charge in [0.2, 0.25) is 0 Å². The highest BCUT2D eigenvalue weighted by Gasteiger charge is 2.18. The normalized spacial score (nSPS) is 10.4. The van der Waals surface area contributed by atoms with Gasteiger partial charge in [-0.2, -0.15) is 0 Å². The van der Waals surface area contributed by atoms with E-state index in [1.165, 1.54) is 0 Å². The Bertz CT molecular complexity index is 610. The van der Waals surface area contributed by atoms with Crippen molar-refractivity contribution in [3.05, 3.63) is 70.2 Å². The summed E-state index contributed by atoms with van der Waals surface area (Å²) in [5.41, 5.74) is 2.75. The Morgan fingerprint density at radius 3 is 2.52 bits per heavy atom. The molecule has 0 radical (unpaired) electrons. The molecule has 2 aromatic rings. The second-order valence-corrected chi connectivity index (χ2v) is 5.60. The van der Waals surface area contributed by atoms with Gasteiger partial charge in [-0.25, -0.2) is 0 Å². The molecule has 0 bridgehead atoms. The molecule has 0 spiro atoms. The molecule has 110 valence electrons. The van der Waals surface area contributed by atoms with Gasteiger partial charge in [0.1, 0.15) is 0 Å². The number of benzene rings is 2. The van der Waals surface area contributed by atoms with Crippen molar-refractivity contribution in [3.63, 3.8) is 0 Å². The highest BCUT2D eigenvalue weighted by molar-refractivity contribution is 6.33. The van der Waals surface area contributed by atoms with Crippen molar-refractivity contribution in [2.24, 2.45) is 0 Å². The topological polar surface area (TPSA) is 20.3 Å². The Hall–Kier alpha value is -1.80. The summed E-state index contributed by atoms with van der Waals surface area (Å²) in [6.45, 7) is 5.37. The fraction of sp³-hybridized carbons (Fsp3) is 0.278. The molecule has 2 rings (SSSR count). The lowest BCUT2D eigenvalue weighted by molar-refractivity contribution is 0.0743. The van der Waals surface area contributed by atoms with Crippen molar-refractivity contribution in [1.29, 1.82) is 0 Å². The molecule has 0 fully saturated rings. The predicted octanol–water partition coefficient (Wildman–Crippen LogP) is 4.70. The van der Waals surface area contributed by atoms with Crippen LogP contribution < -0.4 is 0 Å². The summed E-state index contributed by atoms with van der Waals surface area (Å²) < 4.78 is 0. The molecule has 0 aliphatic heterocycles. The zero-order valence-electron chi connectivity index (χ0n) is 12.5. The SMILES string of the molecule is CCCN(Cc1ccccc1)C(=O)c1cc(C)ccc1Cl. The van der Waals surface area contributed by atoms with E-state index >= 15 is 0 Å². The van der Waals surface area contributed by atoms with Crippen LogP contribution in [0.3, 0.4) is 0 Å². The molecule has 0 saturated carbocycles. The largest absolute Gasteiger partial charge is 0.334 e. The number of carbonyl (C=O) groups is 1. The summed E-state index contributed by atoms with van der Waals surface area (Å²) in [7, 11) is 0. The molecule has 1 amide bonds. The second-order valence-electron chi connectivity index (χ2n) is 5.20. The van der Waals surface area contributed by atoms with Gasteiger partial charge in [-0.3, -0.25) is 4.79 Å². The number of nitrogens with zero attached hydrogens (tertiary/aromatic N) is 1. The molecule has 0 aromatic heterocycles. The van der Waals surface area contributed by atoms with Gasteiger partial charge in [0.05, 0.1) is 10.6 Å². The maximum Gasteiger partial charge on any atom is 0.255 e. The lowest BCUT2D eigenvalue weighted by Gasteiger charge is -2.23. The minimum atomic E-state index is -0.00518. The molecule has 21 heavy (non-hydrogen) atoms. The Morgan fingerprint density at radius 2 is 1.86 bits per heavy atom. The summed E-state index contributed by atoms with van der Waals surface area (Å²) >= 11 is 6.19. The van der Waals surface area contributed by atoms with Crippen molar-refractivity contribution in [2.45, 2.75) is 26.8 Å². The van der Waals surface area contributed by atoms with Crippen molar-refractivity contribution < 1.29 is 4.79 Å². The van der Waals surface area contributed by atoms with Gasteiger partial charge in [0.15, 0.2) is 0 Å². The molecule has 3 heteroatoms. The van der Waals surface area contributed by atoms with Gasteiger partial charge in [-0.15, -0.1) is 0 Å². The van der Waals surface area contributed by atoms with E-state index in [4.69, 9.17) is 11.6 Å². The molecule has 0 aliphatic carbocycles. The lowest BCUT2D eigenvalue weighted by Crippen LogP contribution is -2.31. The number of aryl methyl sites for hydroxylation is 1. The van der Waals surface area contributed by atoms with Crippen LogP contribution >= 0.6 is 11.6 Å². The molecule has 0 atom stereocenters. The third-order valence-corrected chi connectivity index (χ3v) is 3.68. The third kappa shape index (κ3) is 4.08. The van der Waals surface area contributed by atoms with Crippen LogP contribution in [0.4, 0.5) is 0 Å². The van der Waals surface area contributed by atoms with Gasteiger partial charge in [-0.05, 0) is 31.0 Å². The van der Waals surface area contributed by atoms with E-state index in [1.807, 2.05) is 54.3 Å². The second kappa shape index (κ2) is 7.28. The first kappa shape index (κ1) is 15.6. The van der Waals surface area contributed by atoms with E-state index < -0.39 is 0 Å². The number of halogens is 1. The van der Waals surface area contributed by atoms with Crippen LogP contribution in [0, 0.1) is 6.92 Å². The molecular formula is C18H20ClNO. The molecule has 0 aliphatic rings. The van der Waals surface area contributed by atoms with Gasteiger partial charge in [0, 0.05) is 13.1 Å². The van der Waals surface area contributed by atoms with Gasteiger partial charge >= 0.3 is 0 Å². The Labute approximate surface area is 131 Å². The van der Waals surface area contributed by atoms with E-state index in [-0.39, 0.29) is 5.91 Å². The minimum absolute atomic E-state index is 0.00518. The first-order valence-electron chi connectivity index (χ1n) is 7.21. The first-order chi connectivity index (χ1) is 10.1. The maximum atomic E-state index is 12.8. The standard InChI is InChI=1S/C18H20ClNO/c1-3-11-20(13-15-7-5-4-6-8-15)18(21)16-12-14(2)9-10-17(16)19/h4-10,12H,3,11,13H2,1-2H3. The van der Waals surface area contributed by atoms with Crippen LogP contribution in [0.1, 0.15) is 34.8 Å². The number of rotatable bonds is 5. The Morgan fingerprint density at radius 1 is 1.14 bits per heavy atom. The maximum absolute atomic E-state index is 12.8. The summed E-state index contributed by atoms with van der Waals surface area (Å²) in [5, 5.41) is 0.514. The number of hydrogen-bond donors (Lipinski definition) is 0. The van der Waals surface area contributed by atoms with Crippen molar-refractivity contribution in [2.75, 3.05) is 6.54 Å². The van der Waals surface area contributed by atoms with E-state index in [9.17, 15) is 4.79 Å². The fourth-order valence-electron chi connectivity index (χ4n) is 2.30. The lowest BCUT2D eigenvalue weighted by atomic mass is 10.1. The van der Waals surface area contributed by atoms with Crippen LogP contribution in [0.5, 0.6) is 0 Å². The molecule has 2 nitrogen and oxygen atoms in total. The molecule has 0 unspecified atom stereocenters. The van der Waals surface area contributed by atoms with Crippen molar-refractivity contribution >= 4 is 17.5 Å². The van der Waals surface area contributed by atoms with Crippen LogP contribution in [0.25, 0.3) is 0 Å². The molecule has 0 heterocycles. The quantitative estimate of drug-likeness (QED) is 0.784. The molecule has 2 aromatic carbocycles. The van der Waals surface area contributed by atoms with E-state index in [2.05, 4.69) is 6.92 Å². The van der Waals surface area contributed by atoms with E-state index in [1.54, 1.807) is 6.07 Å². The summed E-state index contributed by atoms with van der Waals surface area (Å²) in [6.07, 6.45) is 0.919. The van der Waals surface area contributed by atoms with Crippen LogP contribution in [-0.4, -0.2) is 17.4 Å². The fourth-order valence-corrected chi connectivity index (χ4v) is 2.50. The van der Waals surface area contributed by atoms with Crippen LogP contribution in [0.2, 0.25) is 5.02 Å². The van der Waals surface area contributed by atoms with Crippen molar-refractivity contribution in [3.8, 4) is 0 Å². The Balaban J connectivity index is 2.25. The summed E-state index contributed by atoms with van der Waals surface area (Å²) in [5.74, 6) is -0.00518. The highest BCUT2D eigenvalue weighted by Crippen LogP contribution is 2.20. The van der Waals surface area contributed by atoms with Gasteiger partial charge in [0.25, 0.3) is 5.91 Å². The smallest absolute Gasteiger partial charge is 0.255 e. The zero-order valence-corrected chi connectivity index (χ0v) is 13.2. The molecule has 0 N–H and O–H groups in total. The van der Waals surface area contributed by atoms with E-state index in [0.29, 0.717) is 17.1 Å². The zero-order chi connectivity index (χ0) is 15.2. The van der Waals surface area contributed by atoms with Crippen LogP contribution in [0.15, 0.2) is 48.5 Å². The Kier molecular flexibility index (Phi) is 5.40. The number of hydrogen-bond acceptors (Lipinski definition) is 1. The monoisotopic (exact) mass is 301 g/mol. The summed E-state index contributed by atoms with van der Waals surface area (Å²) in [4.78, 5) is 14.6. The van der Waals surface area contributed by atoms with Crippen molar-refractivity contribution in [1.82, 2.24) is 4.90 Å². The third-order valence-electron chi connectivity index (χ3n) is 3.35. The summed E-state index contributed by atoms with van der Waals surface area (Å²) in [6, 6.07) is 15.6. The van der Waals surface area contributed by atoms with Crippen LogP contribution in [-0.2, 0) is 6.54 Å². The van der Waals surface area contributed by atoms with Gasteiger partial charge < -0.3 is 4.90 Å². The van der Waals surface area contributed by atoms with E-state index in [0.717, 1.165) is 24.1 Å².